The fourth-order valence-corrected chi connectivity index (χ4v) is 3.03. The molecule has 3 nitrogen and oxygen atoms in total. The van der Waals surface area contributed by atoms with Gasteiger partial charge < -0.3 is 10.1 Å². The lowest BCUT2D eigenvalue weighted by molar-refractivity contribution is 0.162. The van der Waals surface area contributed by atoms with Crippen LogP contribution in [-0.4, -0.2) is 38.2 Å². The minimum Gasteiger partial charge on any atom is -0.494 e. The zero-order chi connectivity index (χ0) is 15.1. The van der Waals surface area contributed by atoms with E-state index in [1.807, 2.05) is 12.1 Å². The number of unbranched alkanes of at least 4 members (excludes halogenated alkanes) is 2. The standard InChI is InChI=1S/C17H27FN2O/c1-3-4-5-6-16(20-11-9-19-10-12-20)14-7-8-15(18)17(13-14)21-2/h7-8,13,16,19H,3-6,9-12H2,1-2H3/t16-/m1/s1. The SMILES string of the molecule is CCCCC[C@H](c1ccc(F)c(OC)c1)N1CCNCC1. The molecule has 0 unspecified atom stereocenters. The van der Waals surface area contributed by atoms with E-state index in [-0.39, 0.29) is 5.82 Å². The smallest absolute Gasteiger partial charge is 0.165 e. The predicted molar refractivity (Wildman–Crippen MR) is 84.3 cm³/mol. The summed E-state index contributed by atoms with van der Waals surface area (Å²) in [5.41, 5.74) is 1.17. The van der Waals surface area contributed by atoms with E-state index in [0.29, 0.717) is 11.8 Å². The normalized spacial score (nSPS) is 17.7. The van der Waals surface area contributed by atoms with E-state index in [0.717, 1.165) is 32.6 Å². The Kier molecular flexibility index (Phi) is 6.46. The van der Waals surface area contributed by atoms with Gasteiger partial charge in [0.05, 0.1) is 7.11 Å². The van der Waals surface area contributed by atoms with E-state index in [4.69, 9.17) is 4.74 Å². The van der Waals surface area contributed by atoms with Gasteiger partial charge in [-0.15, -0.1) is 0 Å². The molecular weight excluding hydrogens is 267 g/mol. The first-order valence-corrected chi connectivity index (χ1v) is 8.04. The minimum atomic E-state index is -0.283. The molecule has 1 atom stereocenters. The fourth-order valence-electron chi connectivity index (χ4n) is 3.03. The van der Waals surface area contributed by atoms with Crippen molar-refractivity contribution in [3.63, 3.8) is 0 Å². The van der Waals surface area contributed by atoms with Crippen molar-refractivity contribution in [3.8, 4) is 5.75 Å². The number of ether oxygens (including phenoxy) is 1. The summed E-state index contributed by atoms with van der Waals surface area (Å²) >= 11 is 0. The van der Waals surface area contributed by atoms with Gasteiger partial charge in [-0.05, 0) is 24.1 Å². The van der Waals surface area contributed by atoms with Crippen LogP contribution in [0.4, 0.5) is 4.39 Å². The number of hydrogen-bond donors (Lipinski definition) is 1. The molecule has 2 rings (SSSR count). The second-order valence-corrected chi connectivity index (χ2v) is 5.69. The second kappa shape index (κ2) is 8.35. The Morgan fingerprint density at radius 3 is 2.71 bits per heavy atom. The van der Waals surface area contributed by atoms with Crippen LogP contribution in [0.1, 0.15) is 44.2 Å². The molecule has 0 saturated carbocycles. The summed E-state index contributed by atoms with van der Waals surface area (Å²) in [6.07, 6.45) is 4.81. The highest BCUT2D eigenvalue weighted by Crippen LogP contribution is 2.30. The van der Waals surface area contributed by atoms with Crippen LogP contribution in [-0.2, 0) is 0 Å². The number of piperazine rings is 1. The first kappa shape index (κ1) is 16.2. The summed E-state index contributed by atoms with van der Waals surface area (Å²) in [5, 5.41) is 3.39. The van der Waals surface area contributed by atoms with Gasteiger partial charge in [0.15, 0.2) is 11.6 Å². The topological polar surface area (TPSA) is 24.5 Å². The quantitative estimate of drug-likeness (QED) is 0.780. The molecule has 1 aromatic carbocycles. The maximum Gasteiger partial charge on any atom is 0.165 e. The van der Waals surface area contributed by atoms with E-state index in [1.54, 1.807) is 0 Å². The largest absolute Gasteiger partial charge is 0.494 e. The average Bonchev–Trinajstić information content (AvgIpc) is 2.53. The molecule has 0 amide bonds. The number of hydrogen-bond acceptors (Lipinski definition) is 3. The second-order valence-electron chi connectivity index (χ2n) is 5.69. The molecule has 1 N–H and O–H groups in total. The Hall–Kier alpha value is -1.13. The summed E-state index contributed by atoms with van der Waals surface area (Å²) in [6, 6.07) is 5.68. The van der Waals surface area contributed by atoms with Crippen LogP contribution in [0.2, 0.25) is 0 Å². The van der Waals surface area contributed by atoms with Gasteiger partial charge in [0.2, 0.25) is 0 Å². The minimum absolute atomic E-state index is 0.283. The molecular formula is C17H27FN2O. The molecule has 0 aromatic heterocycles. The number of nitrogens with one attached hydrogen (secondary N) is 1. The van der Waals surface area contributed by atoms with E-state index in [1.165, 1.54) is 38.0 Å². The Labute approximate surface area is 127 Å². The fraction of sp³-hybridized carbons (Fsp3) is 0.647. The first-order valence-electron chi connectivity index (χ1n) is 8.04. The van der Waals surface area contributed by atoms with Gasteiger partial charge in [-0.25, -0.2) is 4.39 Å². The van der Waals surface area contributed by atoms with Crippen LogP contribution in [0, 0.1) is 5.82 Å². The highest BCUT2D eigenvalue weighted by molar-refractivity contribution is 5.32. The lowest BCUT2D eigenvalue weighted by Crippen LogP contribution is -2.45. The van der Waals surface area contributed by atoms with Crippen molar-refractivity contribution >= 4 is 0 Å². The van der Waals surface area contributed by atoms with Crippen molar-refractivity contribution in [3.05, 3.63) is 29.6 Å². The molecule has 0 aliphatic carbocycles. The van der Waals surface area contributed by atoms with Crippen molar-refractivity contribution in [2.75, 3.05) is 33.3 Å². The zero-order valence-corrected chi connectivity index (χ0v) is 13.2. The molecule has 1 saturated heterocycles. The van der Waals surface area contributed by atoms with E-state index < -0.39 is 0 Å². The van der Waals surface area contributed by atoms with Crippen molar-refractivity contribution < 1.29 is 9.13 Å². The monoisotopic (exact) mass is 294 g/mol. The van der Waals surface area contributed by atoms with E-state index in [2.05, 4.69) is 17.1 Å². The summed E-state index contributed by atoms with van der Waals surface area (Å²) < 4.78 is 18.8. The lowest BCUT2D eigenvalue weighted by Gasteiger charge is -2.35. The third-order valence-corrected chi connectivity index (χ3v) is 4.23. The maximum atomic E-state index is 13.6. The van der Waals surface area contributed by atoms with Crippen molar-refractivity contribution in [2.45, 2.75) is 38.6 Å². The summed E-state index contributed by atoms with van der Waals surface area (Å²) in [4.78, 5) is 2.51. The molecule has 4 heteroatoms. The molecule has 0 bridgehead atoms. The molecule has 1 aliphatic rings. The van der Waals surface area contributed by atoms with Crippen LogP contribution in [0.15, 0.2) is 18.2 Å². The third-order valence-electron chi connectivity index (χ3n) is 4.23. The van der Waals surface area contributed by atoms with Crippen LogP contribution >= 0.6 is 0 Å². The van der Waals surface area contributed by atoms with E-state index >= 15 is 0 Å². The van der Waals surface area contributed by atoms with Crippen molar-refractivity contribution in [1.29, 1.82) is 0 Å². The molecule has 1 aromatic rings. The molecule has 1 fully saturated rings. The van der Waals surface area contributed by atoms with Crippen LogP contribution in [0.5, 0.6) is 5.75 Å². The van der Waals surface area contributed by atoms with Crippen molar-refractivity contribution in [1.82, 2.24) is 10.2 Å². The predicted octanol–water partition coefficient (Wildman–Crippen LogP) is 3.36. The van der Waals surface area contributed by atoms with Gasteiger partial charge in [-0.1, -0.05) is 32.3 Å². The summed E-state index contributed by atoms with van der Waals surface area (Å²) in [5.74, 6) is 0.0667. The lowest BCUT2D eigenvalue weighted by atomic mass is 9.98. The van der Waals surface area contributed by atoms with Crippen molar-refractivity contribution in [2.24, 2.45) is 0 Å². The molecule has 1 heterocycles. The summed E-state index contributed by atoms with van der Waals surface area (Å²) in [6.45, 7) is 6.39. The van der Waals surface area contributed by atoms with Gasteiger partial charge in [0.25, 0.3) is 0 Å². The highest BCUT2D eigenvalue weighted by Gasteiger charge is 2.22. The van der Waals surface area contributed by atoms with Crippen LogP contribution in [0.25, 0.3) is 0 Å². The number of rotatable bonds is 7. The van der Waals surface area contributed by atoms with E-state index in [9.17, 15) is 4.39 Å². The third kappa shape index (κ3) is 4.42. The number of benzene rings is 1. The van der Waals surface area contributed by atoms with Gasteiger partial charge in [-0.2, -0.15) is 0 Å². The summed E-state index contributed by atoms with van der Waals surface area (Å²) in [7, 11) is 1.53. The Morgan fingerprint density at radius 2 is 2.05 bits per heavy atom. The molecule has 1 aliphatic heterocycles. The molecule has 0 radical (unpaired) electrons. The Balaban J connectivity index is 2.16. The highest BCUT2D eigenvalue weighted by atomic mass is 19.1. The molecule has 0 spiro atoms. The number of methoxy groups -OCH3 is 1. The molecule has 21 heavy (non-hydrogen) atoms. The first-order chi connectivity index (χ1) is 10.3. The van der Waals surface area contributed by atoms with Gasteiger partial charge in [0, 0.05) is 32.2 Å². The number of nitrogens with zero attached hydrogens (tertiary/aromatic N) is 1. The van der Waals surface area contributed by atoms with Gasteiger partial charge in [-0.3, -0.25) is 4.90 Å². The van der Waals surface area contributed by atoms with Crippen LogP contribution < -0.4 is 10.1 Å². The van der Waals surface area contributed by atoms with Gasteiger partial charge in [0.1, 0.15) is 0 Å². The van der Waals surface area contributed by atoms with Gasteiger partial charge >= 0.3 is 0 Å². The maximum absolute atomic E-state index is 13.6. The molecule has 118 valence electrons. The number of halogens is 1. The Morgan fingerprint density at radius 1 is 1.29 bits per heavy atom. The zero-order valence-electron chi connectivity index (χ0n) is 13.2. The van der Waals surface area contributed by atoms with Crippen LogP contribution in [0.3, 0.4) is 0 Å². The average molecular weight is 294 g/mol. The Bertz CT molecular complexity index is 433.